The molecule has 0 atom stereocenters. The van der Waals surface area contributed by atoms with Crippen LogP contribution in [0.1, 0.15) is 10.4 Å². The number of aromatic nitrogens is 1. The Hall–Kier alpha value is -1.85. The second-order valence-corrected chi connectivity index (χ2v) is 4.49. The van der Waals surface area contributed by atoms with Gasteiger partial charge in [0.15, 0.2) is 5.82 Å². The Morgan fingerprint density at radius 3 is 2.53 bits per heavy atom. The zero-order valence-electron chi connectivity index (χ0n) is 9.45. The normalized spacial score (nSPS) is 10.3. The lowest BCUT2D eigenvalue weighted by Crippen LogP contribution is -2.14. The first-order chi connectivity index (χ1) is 8.99. The standard InChI is InChI=1S/C12H8Cl2FN3O/c13-8-3-6(4-9(14)11(8)15)18-12(19)7-5-17-2-1-10(7)16/h1-5H,(H2,16,17)(H,18,19). The second kappa shape index (κ2) is 5.42. The molecule has 0 saturated carbocycles. The maximum Gasteiger partial charge on any atom is 0.259 e. The molecule has 2 aromatic rings. The van der Waals surface area contributed by atoms with Gasteiger partial charge in [-0.15, -0.1) is 0 Å². The summed E-state index contributed by atoms with van der Waals surface area (Å²) in [5.41, 5.74) is 6.41. The van der Waals surface area contributed by atoms with Crippen LogP contribution < -0.4 is 11.1 Å². The van der Waals surface area contributed by atoms with Crippen LogP contribution in [0.25, 0.3) is 0 Å². The average Bonchev–Trinajstić information content (AvgIpc) is 2.36. The number of hydrogen-bond acceptors (Lipinski definition) is 3. The molecular weight excluding hydrogens is 292 g/mol. The van der Waals surface area contributed by atoms with Crippen molar-refractivity contribution in [1.82, 2.24) is 4.98 Å². The van der Waals surface area contributed by atoms with Crippen molar-refractivity contribution in [2.75, 3.05) is 11.1 Å². The monoisotopic (exact) mass is 299 g/mol. The van der Waals surface area contributed by atoms with E-state index in [0.717, 1.165) is 0 Å². The largest absolute Gasteiger partial charge is 0.398 e. The first kappa shape index (κ1) is 13.6. The van der Waals surface area contributed by atoms with Gasteiger partial charge in [-0.1, -0.05) is 23.2 Å². The van der Waals surface area contributed by atoms with E-state index in [1.54, 1.807) is 0 Å². The zero-order chi connectivity index (χ0) is 14.0. The number of hydrogen-bond donors (Lipinski definition) is 2. The van der Waals surface area contributed by atoms with Crippen molar-refractivity contribution >= 4 is 40.5 Å². The van der Waals surface area contributed by atoms with Gasteiger partial charge >= 0.3 is 0 Å². The van der Waals surface area contributed by atoms with Gasteiger partial charge in [0.05, 0.1) is 15.6 Å². The summed E-state index contributed by atoms with van der Waals surface area (Å²) in [6.45, 7) is 0. The van der Waals surface area contributed by atoms with Crippen LogP contribution in [-0.4, -0.2) is 10.9 Å². The van der Waals surface area contributed by atoms with Crippen LogP contribution in [0.2, 0.25) is 10.0 Å². The number of pyridine rings is 1. The smallest absolute Gasteiger partial charge is 0.259 e. The van der Waals surface area contributed by atoms with Crippen LogP contribution >= 0.6 is 23.2 Å². The van der Waals surface area contributed by atoms with Crippen LogP contribution in [-0.2, 0) is 0 Å². The molecule has 0 aliphatic rings. The summed E-state index contributed by atoms with van der Waals surface area (Å²) in [6.07, 6.45) is 2.80. The van der Waals surface area contributed by atoms with Gasteiger partial charge in [0.1, 0.15) is 0 Å². The molecule has 1 aromatic carbocycles. The van der Waals surface area contributed by atoms with E-state index in [9.17, 15) is 9.18 Å². The van der Waals surface area contributed by atoms with Crippen molar-refractivity contribution in [1.29, 1.82) is 0 Å². The number of nitrogens with two attached hydrogens (primary N) is 1. The van der Waals surface area contributed by atoms with Crippen LogP contribution in [0.3, 0.4) is 0 Å². The summed E-state index contributed by atoms with van der Waals surface area (Å²) in [4.78, 5) is 15.7. The molecule has 0 aliphatic carbocycles. The molecule has 0 fully saturated rings. The molecule has 4 nitrogen and oxygen atoms in total. The second-order valence-electron chi connectivity index (χ2n) is 3.67. The summed E-state index contributed by atoms with van der Waals surface area (Å²) in [5, 5.41) is 2.16. The van der Waals surface area contributed by atoms with Gasteiger partial charge < -0.3 is 11.1 Å². The Morgan fingerprint density at radius 2 is 1.95 bits per heavy atom. The van der Waals surface area contributed by atoms with Gasteiger partial charge in [-0.3, -0.25) is 9.78 Å². The number of rotatable bonds is 2. The first-order valence-corrected chi connectivity index (χ1v) is 5.90. The molecule has 98 valence electrons. The molecule has 0 aliphatic heterocycles. The minimum absolute atomic E-state index is 0.179. The third kappa shape index (κ3) is 2.94. The number of nitrogens with zero attached hydrogens (tertiary/aromatic N) is 1. The van der Waals surface area contributed by atoms with E-state index in [1.807, 2.05) is 0 Å². The topological polar surface area (TPSA) is 68.0 Å². The van der Waals surface area contributed by atoms with E-state index >= 15 is 0 Å². The molecule has 19 heavy (non-hydrogen) atoms. The molecule has 1 aromatic heterocycles. The van der Waals surface area contributed by atoms with Gasteiger partial charge in [0.2, 0.25) is 0 Å². The highest BCUT2D eigenvalue weighted by Crippen LogP contribution is 2.27. The number of anilines is 2. The fourth-order valence-corrected chi connectivity index (χ4v) is 1.91. The zero-order valence-corrected chi connectivity index (χ0v) is 11.0. The van der Waals surface area contributed by atoms with Gasteiger partial charge in [0.25, 0.3) is 5.91 Å². The Kier molecular flexibility index (Phi) is 3.87. The molecule has 0 spiro atoms. The minimum Gasteiger partial charge on any atom is -0.398 e. The number of nitrogens with one attached hydrogen (secondary N) is 1. The molecule has 1 heterocycles. The third-order valence-corrected chi connectivity index (χ3v) is 2.89. The van der Waals surface area contributed by atoms with Gasteiger partial charge in [-0.05, 0) is 18.2 Å². The molecule has 0 saturated heterocycles. The fourth-order valence-electron chi connectivity index (χ4n) is 1.42. The number of benzene rings is 1. The highest BCUT2D eigenvalue weighted by molar-refractivity contribution is 6.35. The molecule has 2 rings (SSSR count). The number of halogens is 3. The highest BCUT2D eigenvalue weighted by atomic mass is 35.5. The molecule has 1 amide bonds. The van der Waals surface area contributed by atoms with Crippen molar-refractivity contribution < 1.29 is 9.18 Å². The molecule has 0 unspecified atom stereocenters. The van der Waals surface area contributed by atoms with Crippen molar-refractivity contribution in [2.45, 2.75) is 0 Å². The number of amides is 1. The van der Waals surface area contributed by atoms with Crippen molar-refractivity contribution in [3.8, 4) is 0 Å². The molecule has 7 heteroatoms. The summed E-state index contributed by atoms with van der Waals surface area (Å²) in [5.74, 6) is -1.22. The average molecular weight is 300 g/mol. The molecule has 0 radical (unpaired) electrons. The Morgan fingerprint density at radius 1 is 1.32 bits per heavy atom. The first-order valence-electron chi connectivity index (χ1n) is 5.14. The number of nitrogen functional groups attached to an aromatic ring is 1. The lowest BCUT2D eigenvalue weighted by atomic mass is 10.2. The van der Waals surface area contributed by atoms with E-state index < -0.39 is 11.7 Å². The lowest BCUT2D eigenvalue weighted by molar-refractivity contribution is 0.102. The predicted octanol–water partition coefficient (Wildman–Crippen LogP) is 3.36. The third-order valence-electron chi connectivity index (χ3n) is 2.34. The molecule has 0 bridgehead atoms. The Balaban J connectivity index is 2.27. The molecular formula is C12H8Cl2FN3O. The summed E-state index contributed by atoms with van der Waals surface area (Å²) in [6, 6.07) is 4.01. The van der Waals surface area contributed by atoms with E-state index in [4.69, 9.17) is 28.9 Å². The summed E-state index contributed by atoms with van der Waals surface area (Å²) < 4.78 is 13.2. The Bertz CT molecular complexity index is 626. The van der Waals surface area contributed by atoms with E-state index in [1.165, 1.54) is 30.6 Å². The van der Waals surface area contributed by atoms with Crippen LogP contribution in [0.4, 0.5) is 15.8 Å². The molecule has 3 N–H and O–H groups in total. The van der Waals surface area contributed by atoms with E-state index in [2.05, 4.69) is 10.3 Å². The van der Waals surface area contributed by atoms with Gasteiger partial charge in [-0.2, -0.15) is 0 Å². The maximum atomic E-state index is 13.2. The van der Waals surface area contributed by atoms with Crippen LogP contribution in [0.5, 0.6) is 0 Å². The van der Waals surface area contributed by atoms with Crippen molar-refractivity contribution in [3.05, 3.63) is 52.0 Å². The Labute approximate surface area is 118 Å². The minimum atomic E-state index is -0.734. The quantitative estimate of drug-likeness (QED) is 0.836. The summed E-state index contributed by atoms with van der Waals surface area (Å²) in [7, 11) is 0. The van der Waals surface area contributed by atoms with Gasteiger partial charge in [0, 0.05) is 23.8 Å². The van der Waals surface area contributed by atoms with Crippen LogP contribution in [0.15, 0.2) is 30.6 Å². The predicted molar refractivity (Wildman–Crippen MR) is 73.0 cm³/mol. The fraction of sp³-hybridized carbons (Fsp3) is 0. The highest BCUT2D eigenvalue weighted by Gasteiger charge is 2.13. The SMILES string of the molecule is Nc1ccncc1C(=O)Nc1cc(Cl)c(F)c(Cl)c1. The van der Waals surface area contributed by atoms with Crippen molar-refractivity contribution in [3.63, 3.8) is 0 Å². The van der Waals surface area contributed by atoms with Crippen LogP contribution in [0, 0.1) is 5.82 Å². The van der Waals surface area contributed by atoms with Crippen molar-refractivity contribution in [2.24, 2.45) is 0 Å². The van der Waals surface area contributed by atoms with Gasteiger partial charge in [-0.25, -0.2) is 4.39 Å². The lowest BCUT2D eigenvalue weighted by Gasteiger charge is -2.08. The van der Waals surface area contributed by atoms with E-state index in [-0.39, 0.29) is 27.0 Å². The number of carbonyl (C=O) groups excluding carboxylic acids is 1. The van der Waals surface area contributed by atoms with E-state index in [0.29, 0.717) is 0 Å². The maximum absolute atomic E-state index is 13.2. The number of carbonyl (C=O) groups is 1. The summed E-state index contributed by atoms with van der Waals surface area (Å²) >= 11 is 11.3.